The summed E-state index contributed by atoms with van der Waals surface area (Å²) in [5.41, 5.74) is -0.258. The molecule has 5 nitrogen and oxygen atoms in total. The summed E-state index contributed by atoms with van der Waals surface area (Å²) in [5.74, 6) is 5.89. The van der Waals surface area contributed by atoms with Crippen molar-refractivity contribution in [3.8, 4) is 0 Å². The summed E-state index contributed by atoms with van der Waals surface area (Å²) in [4.78, 5) is 1.33. The summed E-state index contributed by atoms with van der Waals surface area (Å²) in [6.07, 6.45) is 0. The Hall–Kier alpha value is -0.470. The summed E-state index contributed by atoms with van der Waals surface area (Å²) in [5, 5.41) is 3.35. The van der Waals surface area contributed by atoms with Gasteiger partial charge in [-0.05, 0) is 32.2 Å². The van der Waals surface area contributed by atoms with E-state index in [4.69, 9.17) is 5.84 Å². The van der Waals surface area contributed by atoms with E-state index in [9.17, 15) is 8.42 Å². The fourth-order valence-corrected chi connectivity index (χ4v) is 4.42. The first-order valence-electron chi connectivity index (χ1n) is 5.32. The van der Waals surface area contributed by atoms with E-state index in [1.165, 1.54) is 15.6 Å². The maximum atomic E-state index is 12.2. The molecule has 0 bridgehead atoms. The molecule has 0 spiro atoms. The SMILES string of the molecule is CC(C)(C)N(N)CN1Cc2sccc2S1(=O)=O. The molecular weight excluding hydrogens is 258 g/mol. The van der Waals surface area contributed by atoms with Gasteiger partial charge in [0, 0.05) is 10.4 Å². The van der Waals surface area contributed by atoms with Crippen LogP contribution in [-0.2, 0) is 16.6 Å². The van der Waals surface area contributed by atoms with Crippen molar-refractivity contribution in [1.29, 1.82) is 0 Å². The molecule has 17 heavy (non-hydrogen) atoms. The molecule has 2 rings (SSSR count). The summed E-state index contributed by atoms with van der Waals surface area (Å²) < 4.78 is 25.7. The smallest absolute Gasteiger partial charge is 0.245 e. The maximum Gasteiger partial charge on any atom is 0.245 e. The number of nitrogens with two attached hydrogens (primary N) is 1. The van der Waals surface area contributed by atoms with Gasteiger partial charge in [0.25, 0.3) is 0 Å². The third-order valence-electron chi connectivity index (χ3n) is 2.81. The Morgan fingerprint density at radius 1 is 1.53 bits per heavy atom. The number of nitrogens with zero attached hydrogens (tertiary/aromatic N) is 2. The van der Waals surface area contributed by atoms with Crippen LogP contribution in [0.1, 0.15) is 25.6 Å². The van der Waals surface area contributed by atoms with E-state index in [-0.39, 0.29) is 12.2 Å². The largest absolute Gasteiger partial charge is 0.267 e. The Kier molecular flexibility index (Phi) is 3.07. The van der Waals surface area contributed by atoms with Crippen LogP contribution in [0.5, 0.6) is 0 Å². The minimum atomic E-state index is -3.34. The molecule has 1 aliphatic heterocycles. The molecule has 1 aromatic rings. The molecule has 0 amide bonds. The molecule has 0 unspecified atom stereocenters. The highest BCUT2D eigenvalue weighted by molar-refractivity contribution is 7.89. The highest BCUT2D eigenvalue weighted by Gasteiger charge is 2.37. The molecule has 0 saturated carbocycles. The van der Waals surface area contributed by atoms with Crippen LogP contribution in [0.25, 0.3) is 0 Å². The van der Waals surface area contributed by atoms with E-state index in [1.54, 1.807) is 11.1 Å². The van der Waals surface area contributed by atoms with Crippen LogP contribution in [-0.4, -0.2) is 29.9 Å². The van der Waals surface area contributed by atoms with E-state index in [0.29, 0.717) is 11.4 Å². The van der Waals surface area contributed by atoms with E-state index in [2.05, 4.69) is 0 Å². The predicted octanol–water partition coefficient (Wildman–Crippen LogP) is 1.18. The second-order valence-electron chi connectivity index (χ2n) is 5.11. The lowest BCUT2D eigenvalue weighted by molar-refractivity contribution is 0.0923. The fraction of sp³-hybridized carbons (Fsp3) is 0.600. The maximum absolute atomic E-state index is 12.2. The summed E-state index contributed by atoms with van der Waals surface area (Å²) in [6.45, 7) is 6.49. The first kappa shape index (κ1) is 13.0. The second kappa shape index (κ2) is 4.03. The average molecular weight is 275 g/mol. The van der Waals surface area contributed by atoms with Gasteiger partial charge in [0.05, 0.1) is 18.1 Å². The minimum absolute atomic E-state index is 0.216. The van der Waals surface area contributed by atoms with E-state index in [0.717, 1.165) is 4.88 Å². The van der Waals surface area contributed by atoms with Crippen molar-refractivity contribution >= 4 is 21.4 Å². The van der Waals surface area contributed by atoms with E-state index >= 15 is 0 Å². The highest BCUT2D eigenvalue weighted by Crippen LogP contribution is 2.34. The molecule has 1 aromatic heterocycles. The Bertz CT molecular complexity index is 516. The molecule has 96 valence electrons. The van der Waals surface area contributed by atoms with Gasteiger partial charge in [0.1, 0.15) is 0 Å². The van der Waals surface area contributed by atoms with Crippen LogP contribution in [0.3, 0.4) is 0 Å². The lowest BCUT2D eigenvalue weighted by atomic mass is 10.1. The van der Waals surface area contributed by atoms with E-state index in [1.807, 2.05) is 26.2 Å². The topological polar surface area (TPSA) is 66.6 Å². The van der Waals surface area contributed by atoms with Gasteiger partial charge in [-0.2, -0.15) is 4.31 Å². The molecule has 2 heterocycles. The number of hydrogen-bond donors (Lipinski definition) is 1. The Morgan fingerprint density at radius 2 is 2.18 bits per heavy atom. The zero-order valence-electron chi connectivity index (χ0n) is 10.2. The summed E-state index contributed by atoms with van der Waals surface area (Å²) in [7, 11) is -3.34. The van der Waals surface area contributed by atoms with Crippen LogP contribution in [0, 0.1) is 0 Å². The predicted molar refractivity (Wildman–Crippen MR) is 67.7 cm³/mol. The third-order valence-corrected chi connectivity index (χ3v) is 5.71. The van der Waals surface area contributed by atoms with Gasteiger partial charge >= 0.3 is 0 Å². The first-order valence-corrected chi connectivity index (χ1v) is 7.64. The number of fused-ring (bicyclic) bond motifs is 1. The van der Waals surface area contributed by atoms with Gasteiger partial charge in [-0.3, -0.25) is 5.84 Å². The highest BCUT2D eigenvalue weighted by atomic mass is 32.2. The number of sulfonamides is 1. The third kappa shape index (κ3) is 2.25. The van der Waals surface area contributed by atoms with Gasteiger partial charge < -0.3 is 0 Å². The first-order chi connectivity index (χ1) is 7.73. The molecular formula is C10H17N3O2S2. The molecule has 0 fully saturated rings. The molecule has 0 saturated heterocycles. The molecule has 0 radical (unpaired) electrons. The quantitative estimate of drug-likeness (QED) is 0.650. The monoisotopic (exact) mass is 275 g/mol. The number of hydrazine groups is 1. The van der Waals surface area contributed by atoms with Gasteiger partial charge in [-0.15, -0.1) is 11.3 Å². The van der Waals surface area contributed by atoms with Crippen molar-refractivity contribution in [2.75, 3.05) is 6.67 Å². The van der Waals surface area contributed by atoms with Crippen LogP contribution in [0.15, 0.2) is 16.3 Å². The Labute approximate surface area is 106 Å². The average Bonchev–Trinajstić information content (AvgIpc) is 2.70. The molecule has 7 heteroatoms. The Morgan fingerprint density at radius 3 is 2.71 bits per heavy atom. The van der Waals surface area contributed by atoms with Gasteiger partial charge in [0.2, 0.25) is 10.0 Å². The van der Waals surface area contributed by atoms with Crippen molar-refractivity contribution in [1.82, 2.24) is 9.31 Å². The van der Waals surface area contributed by atoms with Crippen LogP contribution in [0.4, 0.5) is 0 Å². The molecule has 0 aliphatic carbocycles. The zero-order chi connectivity index (χ0) is 12.8. The molecule has 0 aromatic carbocycles. The normalized spacial score (nSPS) is 19.8. The lowest BCUT2D eigenvalue weighted by Crippen LogP contribution is -2.52. The van der Waals surface area contributed by atoms with Gasteiger partial charge in [-0.1, -0.05) is 0 Å². The second-order valence-corrected chi connectivity index (χ2v) is 8.01. The minimum Gasteiger partial charge on any atom is -0.267 e. The van der Waals surface area contributed by atoms with Crippen molar-refractivity contribution in [3.05, 3.63) is 16.3 Å². The molecule has 2 N–H and O–H groups in total. The Balaban J connectivity index is 2.20. The number of rotatable bonds is 2. The van der Waals surface area contributed by atoms with Crippen molar-refractivity contribution < 1.29 is 8.42 Å². The van der Waals surface area contributed by atoms with Crippen molar-refractivity contribution in [3.63, 3.8) is 0 Å². The fourth-order valence-electron chi connectivity index (χ4n) is 1.57. The molecule has 1 aliphatic rings. The standard InChI is InChI=1S/C10H17N3O2S2/c1-10(2,3)13(11)7-12-6-8-9(4-5-16-8)17(12,14)15/h4-5H,6-7,11H2,1-3H3. The van der Waals surface area contributed by atoms with Crippen molar-refractivity contribution in [2.45, 2.75) is 37.8 Å². The molecule has 0 atom stereocenters. The van der Waals surface area contributed by atoms with Crippen LogP contribution >= 0.6 is 11.3 Å². The van der Waals surface area contributed by atoms with Crippen molar-refractivity contribution in [2.24, 2.45) is 5.84 Å². The van der Waals surface area contributed by atoms with Crippen LogP contribution in [0.2, 0.25) is 0 Å². The summed E-state index contributed by atoms with van der Waals surface area (Å²) >= 11 is 1.47. The lowest BCUT2D eigenvalue weighted by Gasteiger charge is -2.33. The van der Waals surface area contributed by atoms with Crippen LogP contribution < -0.4 is 5.84 Å². The van der Waals surface area contributed by atoms with E-state index < -0.39 is 10.0 Å². The summed E-state index contributed by atoms with van der Waals surface area (Å²) in [6, 6.07) is 1.66. The zero-order valence-corrected chi connectivity index (χ0v) is 11.8. The van der Waals surface area contributed by atoms with Gasteiger partial charge in [0.15, 0.2) is 0 Å². The number of thiophene rings is 1. The number of hydrogen-bond acceptors (Lipinski definition) is 5. The van der Waals surface area contributed by atoms with Gasteiger partial charge in [-0.25, -0.2) is 13.4 Å².